The number of anilines is 1. The summed E-state index contributed by atoms with van der Waals surface area (Å²) in [6.07, 6.45) is 2.52. The van der Waals surface area contributed by atoms with Crippen LogP contribution in [0.5, 0.6) is 0 Å². The summed E-state index contributed by atoms with van der Waals surface area (Å²) in [5.41, 5.74) is 1.04. The molecule has 4 heteroatoms. The van der Waals surface area contributed by atoms with Crippen LogP contribution in [0.15, 0.2) is 18.3 Å². The highest BCUT2D eigenvalue weighted by molar-refractivity contribution is 6.17. The van der Waals surface area contributed by atoms with Gasteiger partial charge in [-0.1, -0.05) is 6.07 Å². The lowest BCUT2D eigenvalue weighted by molar-refractivity contribution is 0.288. The van der Waals surface area contributed by atoms with E-state index in [0.29, 0.717) is 11.9 Å². The van der Waals surface area contributed by atoms with Gasteiger partial charge < -0.3 is 10.0 Å². The van der Waals surface area contributed by atoms with Crippen LogP contribution in [-0.4, -0.2) is 29.3 Å². The quantitative estimate of drug-likeness (QED) is 0.779. The van der Waals surface area contributed by atoms with Crippen LogP contribution in [0.1, 0.15) is 25.8 Å². The molecule has 0 amide bonds. The van der Waals surface area contributed by atoms with E-state index in [4.69, 9.17) is 16.7 Å². The first kappa shape index (κ1) is 13.3. The van der Waals surface area contributed by atoms with Gasteiger partial charge in [-0.2, -0.15) is 0 Å². The van der Waals surface area contributed by atoms with Gasteiger partial charge in [0.1, 0.15) is 5.82 Å². The third kappa shape index (κ3) is 3.35. The summed E-state index contributed by atoms with van der Waals surface area (Å²) in [5.74, 6) is 1.40. The molecule has 0 aromatic carbocycles. The van der Waals surface area contributed by atoms with Crippen LogP contribution in [0.4, 0.5) is 5.82 Å². The van der Waals surface area contributed by atoms with Crippen LogP contribution < -0.4 is 4.90 Å². The van der Waals surface area contributed by atoms with Crippen LogP contribution in [0.2, 0.25) is 0 Å². The van der Waals surface area contributed by atoms with E-state index in [-0.39, 0.29) is 6.61 Å². The van der Waals surface area contributed by atoms with Gasteiger partial charge in [-0.25, -0.2) is 4.98 Å². The predicted octanol–water partition coefficient (Wildman–Crippen LogP) is 2.42. The lowest BCUT2D eigenvalue weighted by atomic mass is 10.2. The van der Waals surface area contributed by atoms with E-state index in [1.165, 1.54) is 0 Å². The van der Waals surface area contributed by atoms with Gasteiger partial charge in [0, 0.05) is 31.0 Å². The summed E-state index contributed by atoms with van der Waals surface area (Å²) < 4.78 is 0. The maximum atomic E-state index is 8.90. The van der Waals surface area contributed by atoms with E-state index in [0.717, 1.165) is 24.3 Å². The van der Waals surface area contributed by atoms with Gasteiger partial charge in [0.05, 0.1) is 5.88 Å². The number of aromatic nitrogens is 1. The van der Waals surface area contributed by atoms with E-state index >= 15 is 0 Å². The van der Waals surface area contributed by atoms with E-state index < -0.39 is 0 Å². The molecule has 1 heterocycles. The molecule has 0 aliphatic rings. The molecule has 0 aliphatic heterocycles. The standard InChI is InChI=1S/C12H19ClN2O/c1-10(2)15(7-4-8-16)12-11(9-13)5-3-6-14-12/h3,5-6,10,16H,4,7-9H2,1-2H3. The molecular formula is C12H19ClN2O. The molecule has 1 aromatic heterocycles. The van der Waals surface area contributed by atoms with E-state index in [9.17, 15) is 0 Å². The molecule has 0 fully saturated rings. The lowest BCUT2D eigenvalue weighted by Crippen LogP contribution is -2.33. The maximum Gasteiger partial charge on any atom is 0.133 e. The summed E-state index contributed by atoms with van der Waals surface area (Å²) in [4.78, 5) is 6.56. The van der Waals surface area contributed by atoms with Gasteiger partial charge in [-0.05, 0) is 26.3 Å². The lowest BCUT2D eigenvalue weighted by Gasteiger charge is -2.29. The monoisotopic (exact) mass is 242 g/mol. The Labute approximate surface area is 102 Å². The highest BCUT2D eigenvalue weighted by Gasteiger charge is 2.14. The average Bonchev–Trinajstić information content (AvgIpc) is 2.29. The Morgan fingerprint density at radius 1 is 1.50 bits per heavy atom. The van der Waals surface area contributed by atoms with Crippen molar-refractivity contribution >= 4 is 17.4 Å². The molecule has 1 N–H and O–H groups in total. The Bertz CT molecular complexity index is 318. The van der Waals surface area contributed by atoms with Crippen molar-refractivity contribution in [2.24, 2.45) is 0 Å². The first-order valence-electron chi connectivity index (χ1n) is 5.58. The Balaban J connectivity index is 2.91. The second-order valence-electron chi connectivity index (χ2n) is 3.98. The zero-order chi connectivity index (χ0) is 12.0. The molecule has 0 radical (unpaired) electrons. The van der Waals surface area contributed by atoms with Crippen molar-refractivity contribution in [1.29, 1.82) is 0 Å². The Hall–Kier alpha value is -0.800. The van der Waals surface area contributed by atoms with Crippen molar-refractivity contribution in [3.63, 3.8) is 0 Å². The predicted molar refractivity (Wildman–Crippen MR) is 68.0 cm³/mol. The summed E-state index contributed by atoms with van der Waals surface area (Å²) >= 11 is 5.90. The summed E-state index contributed by atoms with van der Waals surface area (Å²) in [6, 6.07) is 4.23. The van der Waals surface area contributed by atoms with Gasteiger partial charge in [0.15, 0.2) is 0 Å². The third-order valence-electron chi connectivity index (χ3n) is 2.46. The van der Waals surface area contributed by atoms with Crippen LogP contribution in [0, 0.1) is 0 Å². The van der Waals surface area contributed by atoms with Crippen molar-refractivity contribution < 1.29 is 5.11 Å². The molecule has 1 rings (SSSR count). The van der Waals surface area contributed by atoms with Gasteiger partial charge in [0.25, 0.3) is 0 Å². The van der Waals surface area contributed by atoms with Crippen molar-refractivity contribution in [3.05, 3.63) is 23.9 Å². The van der Waals surface area contributed by atoms with Gasteiger partial charge in [-0.15, -0.1) is 11.6 Å². The number of aliphatic hydroxyl groups is 1. The van der Waals surface area contributed by atoms with Crippen molar-refractivity contribution in [2.75, 3.05) is 18.1 Å². The molecule has 16 heavy (non-hydrogen) atoms. The minimum Gasteiger partial charge on any atom is -0.396 e. The fourth-order valence-corrected chi connectivity index (χ4v) is 1.85. The highest BCUT2D eigenvalue weighted by Crippen LogP contribution is 2.21. The second-order valence-corrected chi connectivity index (χ2v) is 4.25. The Morgan fingerprint density at radius 2 is 2.25 bits per heavy atom. The SMILES string of the molecule is CC(C)N(CCCO)c1ncccc1CCl. The normalized spacial score (nSPS) is 10.8. The minimum absolute atomic E-state index is 0.201. The van der Waals surface area contributed by atoms with Crippen LogP contribution in [0.25, 0.3) is 0 Å². The molecule has 0 saturated carbocycles. The molecule has 1 aromatic rings. The molecule has 0 bridgehead atoms. The molecule has 0 spiro atoms. The molecule has 0 aliphatic carbocycles. The minimum atomic E-state index is 0.201. The average molecular weight is 243 g/mol. The number of alkyl halides is 1. The number of aliphatic hydroxyl groups excluding tert-OH is 1. The zero-order valence-electron chi connectivity index (χ0n) is 9.86. The number of hydrogen-bond donors (Lipinski definition) is 1. The number of hydrogen-bond acceptors (Lipinski definition) is 3. The van der Waals surface area contributed by atoms with Crippen molar-refractivity contribution in [1.82, 2.24) is 4.98 Å². The van der Waals surface area contributed by atoms with Gasteiger partial charge in [-0.3, -0.25) is 0 Å². The van der Waals surface area contributed by atoms with Crippen molar-refractivity contribution in [3.8, 4) is 0 Å². The van der Waals surface area contributed by atoms with Gasteiger partial charge in [0.2, 0.25) is 0 Å². The van der Waals surface area contributed by atoms with Crippen LogP contribution >= 0.6 is 11.6 Å². The fraction of sp³-hybridized carbons (Fsp3) is 0.583. The van der Waals surface area contributed by atoms with Crippen LogP contribution in [-0.2, 0) is 5.88 Å². The molecule has 0 atom stereocenters. The molecule has 3 nitrogen and oxygen atoms in total. The van der Waals surface area contributed by atoms with E-state index in [1.54, 1.807) is 6.20 Å². The highest BCUT2D eigenvalue weighted by atomic mass is 35.5. The van der Waals surface area contributed by atoms with E-state index in [2.05, 4.69) is 23.7 Å². The van der Waals surface area contributed by atoms with Crippen molar-refractivity contribution in [2.45, 2.75) is 32.2 Å². The number of pyridine rings is 1. The molecular weight excluding hydrogens is 224 g/mol. The summed E-state index contributed by atoms with van der Waals surface area (Å²) in [5, 5.41) is 8.90. The summed E-state index contributed by atoms with van der Waals surface area (Å²) in [7, 11) is 0. The van der Waals surface area contributed by atoms with Gasteiger partial charge >= 0.3 is 0 Å². The molecule has 90 valence electrons. The molecule has 0 unspecified atom stereocenters. The largest absolute Gasteiger partial charge is 0.396 e. The summed E-state index contributed by atoms with van der Waals surface area (Å²) in [6.45, 7) is 5.23. The number of rotatable bonds is 6. The number of nitrogens with zero attached hydrogens (tertiary/aromatic N) is 2. The fourth-order valence-electron chi connectivity index (χ4n) is 1.64. The first-order chi connectivity index (χ1) is 7.70. The van der Waals surface area contributed by atoms with E-state index in [1.807, 2.05) is 12.1 Å². The maximum absolute atomic E-state index is 8.90. The zero-order valence-corrected chi connectivity index (χ0v) is 10.6. The van der Waals surface area contributed by atoms with Crippen LogP contribution in [0.3, 0.4) is 0 Å². The smallest absolute Gasteiger partial charge is 0.133 e. The topological polar surface area (TPSA) is 36.4 Å². The Kier molecular flexibility index (Phi) is 5.56. The molecule has 0 saturated heterocycles. The Morgan fingerprint density at radius 3 is 2.81 bits per heavy atom. The third-order valence-corrected chi connectivity index (χ3v) is 2.75. The first-order valence-corrected chi connectivity index (χ1v) is 6.11. The second kappa shape index (κ2) is 6.71. The number of halogens is 1.